The van der Waals surface area contributed by atoms with E-state index < -0.39 is 0 Å². The number of thiocarbonyl (C=S) groups is 2. The van der Waals surface area contributed by atoms with E-state index >= 15 is 0 Å². The van der Waals surface area contributed by atoms with E-state index in [0.717, 1.165) is 0 Å². The standard InChI is InChI=1S/C4H6OS.C3H4OS/c1-3-4(6)5-2;1-2-3(4)5/h3H,1H2,2H3;2H,1H2,(H,4,5). The van der Waals surface area contributed by atoms with Gasteiger partial charge in [-0.15, -0.1) is 0 Å². The molecule has 0 aromatic rings. The molecule has 0 aromatic heterocycles. The van der Waals surface area contributed by atoms with E-state index in [1.54, 1.807) is 0 Å². The minimum absolute atomic E-state index is 0.148. The number of hydrogen-bond acceptors (Lipinski definition) is 3. The van der Waals surface area contributed by atoms with Gasteiger partial charge in [-0.05, 0) is 36.6 Å². The highest BCUT2D eigenvalue weighted by Gasteiger charge is 1.75. The van der Waals surface area contributed by atoms with Gasteiger partial charge in [0.2, 0.25) is 0 Å². The van der Waals surface area contributed by atoms with E-state index in [9.17, 15) is 0 Å². The Labute approximate surface area is 77.2 Å². The summed E-state index contributed by atoms with van der Waals surface area (Å²) in [5.41, 5.74) is 0. The van der Waals surface area contributed by atoms with Crippen molar-refractivity contribution in [3.63, 3.8) is 0 Å². The topological polar surface area (TPSA) is 29.5 Å². The highest BCUT2D eigenvalue weighted by molar-refractivity contribution is 7.80. The molecular formula is C7H10O2S2. The van der Waals surface area contributed by atoms with Crippen LogP contribution in [0.25, 0.3) is 0 Å². The molecule has 0 aliphatic heterocycles. The predicted molar refractivity (Wildman–Crippen MR) is 55.2 cm³/mol. The Hall–Kier alpha value is -0.740. The van der Waals surface area contributed by atoms with Gasteiger partial charge in [-0.25, -0.2) is 0 Å². The van der Waals surface area contributed by atoms with Crippen LogP contribution in [0.2, 0.25) is 0 Å². The summed E-state index contributed by atoms with van der Waals surface area (Å²) in [7, 11) is 1.52. The molecule has 62 valence electrons. The molecule has 4 heteroatoms. The summed E-state index contributed by atoms with van der Waals surface area (Å²) >= 11 is 8.65. The van der Waals surface area contributed by atoms with Gasteiger partial charge in [0.25, 0.3) is 0 Å². The third-order valence-electron chi connectivity index (χ3n) is 0.542. The quantitative estimate of drug-likeness (QED) is 0.534. The van der Waals surface area contributed by atoms with Gasteiger partial charge in [-0.1, -0.05) is 13.2 Å². The molecule has 0 saturated heterocycles. The van der Waals surface area contributed by atoms with E-state index in [0.29, 0.717) is 5.05 Å². The largest absolute Gasteiger partial charge is 0.499 e. The number of aliphatic hydroxyl groups is 1. The number of methoxy groups -OCH3 is 1. The average Bonchev–Trinajstić information content (AvgIpc) is 2.04. The van der Waals surface area contributed by atoms with Crippen LogP contribution < -0.4 is 0 Å². The Kier molecular flexibility index (Phi) is 10.9. The molecule has 0 atom stereocenters. The van der Waals surface area contributed by atoms with Crippen LogP contribution in [0.3, 0.4) is 0 Å². The monoisotopic (exact) mass is 190 g/mol. The lowest BCUT2D eigenvalue weighted by atomic mass is 10.7. The molecule has 0 amide bonds. The fourth-order valence-corrected chi connectivity index (χ4v) is 0.0833. The van der Waals surface area contributed by atoms with Crippen LogP contribution in [0.1, 0.15) is 0 Å². The maximum atomic E-state index is 7.97. The predicted octanol–water partition coefficient (Wildman–Crippen LogP) is 2.20. The smallest absolute Gasteiger partial charge is 0.182 e. The van der Waals surface area contributed by atoms with Crippen molar-refractivity contribution >= 4 is 34.5 Å². The Morgan fingerprint density at radius 3 is 1.73 bits per heavy atom. The second kappa shape index (κ2) is 9.26. The first-order valence-corrected chi connectivity index (χ1v) is 3.45. The maximum Gasteiger partial charge on any atom is 0.182 e. The third-order valence-corrected chi connectivity index (χ3v) is 1.04. The van der Waals surface area contributed by atoms with Gasteiger partial charge in [0.05, 0.1) is 7.11 Å². The van der Waals surface area contributed by atoms with Crippen LogP contribution in [0, 0.1) is 0 Å². The zero-order valence-electron chi connectivity index (χ0n) is 6.24. The zero-order chi connectivity index (χ0) is 9.28. The van der Waals surface area contributed by atoms with E-state index in [2.05, 4.69) is 42.3 Å². The summed E-state index contributed by atoms with van der Waals surface area (Å²) in [6, 6.07) is 0. The van der Waals surface area contributed by atoms with E-state index in [-0.39, 0.29) is 5.05 Å². The number of hydrogen-bond donors (Lipinski definition) is 1. The maximum absolute atomic E-state index is 7.97. The Balaban J connectivity index is 0. The number of aliphatic hydroxyl groups excluding tert-OH is 1. The molecule has 0 heterocycles. The summed E-state index contributed by atoms with van der Waals surface area (Å²) in [5.74, 6) is 0. The molecule has 0 bridgehead atoms. The molecule has 0 aromatic carbocycles. The summed E-state index contributed by atoms with van der Waals surface area (Å²) in [5, 5.41) is 8.27. The minimum Gasteiger partial charge on any atom is -0.499 e. The summed E-state index contributed by atoms with van der Waals surface area (Å²) in [4.78, 5) is 0. The molecule has 1 N–H and O–H groups in total. The third kappa shape index (κ3) is 17.6. The molecule has 2 nitrogen and oxygen atoms in total. The molecule has 0 saturated carbocycles. The number of rotatable bonds is 2. The van der Waals surface area contributed by atoms with Gasteiger partial charge in [0.15, 0.2) is 10.1 Å². The average molecular weight is 190 g/mol. The Morgan fingerprint density at radius 1 is 1.36 bits per heavy atom. The van der Waals surface area contributed by atoms with Crippen molar-refractivity contribution in [2.45, 2.75) is 0 Å². The van der Waals surface area contributed by atoms with Crippen molar-refractivity contribution in [2.24, 2.45) is 0 Å². The van der Waals surface area contributed by atoms with Crippen LogP contribution >= 0.6 is 24.4 Å². The lowest BCUT2D eigenvalue weighted by Gasteiger charge is -1.87. The fraction of sp³-hybridized carbons (Fsp3) is 0.143. The molecule has 0 aliphatic rings. The van der Waals surface area contributed by atoms with Gasteiger partial charge in [0.1, 0.15) is 0 Å². The van der Waals surface area contributed by atoms with Gasteiger partial charge in [0, 0.05) is 0 Å². The number of ether oxygens (including phenoxy) is 1. The van der Waals surface area contributed by atoms with Crippen LogP contribution in [-0.2, 0) is 4.74 Å². The van der Waals surface area contributed by atoms with Crippen molar-refractivity contribution in [2.75, 3.05) is 7.11 Å². The lowest BCUT2D eigenvalue weighted by Crippen LogP contribution is -1.87. The van der Waals surface area contributed by atoms with Crippen molar-refractivity contribution in [1.82, 2.24) is 0 Å². The highest BCUT2D eigenvalue weighted by atomic mass is 32.1. The van der Waals surface area contributed by atoms with Crippen LogP contribution in [-0.4, -0.2) is 22.3 Å². The first kappa shape index (κ1) is 12.9. The summed E-state index contributed by atoms with van der Waals surface area (Å²) < 4.78 is 4.51. The molecule has 0 aliphatic carbocycles. The van der Waals surface area contributed by atoms with Crippen molar-refractivity contribution in [3.05, 3.63) is 25.3 Å². The second-order valence-electron chi connectivity index (χ2n) is 1.27. The first-order chi connectivity index (χ1) is 5.08. The van der Waals surface area contributed by atoms with E-state index in [1.165, 1.54) is 19.3 Å². The highest BCUT2D eigenvalue weighted by Crippen LogP contribution is 1.74. The van der Waals surface area contributed by atoms with E-state index in [1.807, 2.05) is 0 Å². The Bertz CT molecular complexity index is 164. The molecular weight excluding hydrogens is 180 g/mol. The summed E-state index contributed by atoms with van der Waals surface area (Å²) in [6.07, 6.45) is 2.69. The van der Waals surface area contributed by atoms with Crippen molar-refractivity contribution in [1.29, 1.82) is 0 Å². The van der Waals surface area contributed by atoms with Gasteiger partial charge in [-0.2, -0.15) is 0 Å². The van der Waals surface area contributed by atoms with Crippen molar-refractivity contribution in [3.8, 4) is 0 Å². The zero-order valence-corrected chi connectivity index (χ0v) is 7.87. The van der Waals surface area contributed by atoms with Gasteiger partial charge in [-0.3, -0.25) is 0 Å². The normalized spacial score (nSPS) is 6.64. The van der Waals surface area contributed by atoms with Gasteiger partial charge < -0.3 is 9.84 Å². The molecule has 0 radical (unpaired) electrons. The lowest BCUT2D eigenvalue weighted by molar-refractivity contribution is 0.418. The second-order valence-corrected chi connectivity index (χ2v) is 2.09. The van der Waals surface area contributed by atoms with E-state index in [4.69, 9.17) is 5.11 Å². The Morgan fingerprint density at radius 2 is 1.73 bits per heavy atom. The van der Waals surface area contributed by atoms with Crippen LogP contribution in [0.4, 0.5) is 0 Å². The molecule has 0 rings (SSSR count). The SMILES string of the molecule is C=CC(=S)OC.C=CC(O)=S. The fourth-order valence-electron chi connectivity index (χ4n) is 0.0833. The van der Waals surface area contributed by atoms with Crippen LogP contribution in [0.5, 0.6) is 0 Å². The molecule has 0 unspecified atom stereocenters. The molecule has 0 spiro atoms. The molecule has 11 heavy (non-hydrogen) atoms. The van der Waals surface area contributed by atoms with Crippen molar-refractivity contribution < 1.29 is 9.84 Å². The molecule has 0 fully saturated rings. The summed E-state index contributed by atoms with van der Waals surface area (Å²) in [6.45, 7) is 6.53. The van der Waals surface area contributed by atoms with Crippen LogP contribution in [0.15, 0.2) is 25.3 Å². The first-order valence-electron chi connectivity index (χ1n) is 2.64. The van der Waals surface area contributed by atoms with Gasteiger partial charge >= 0.3 is 0 Å². The minimum atomic E-state index is -0.148.